The van der Waals surface area contributed by atoms with E-state index in [0.717, 1.165) is 10.9 Å². The van der Waals surface area contributed by atoms with Crippen LogP contribution in [0.15, 0.2) is 11.1 Å². The summed E-state index contributed by atoms with van der Waals surface area (Å²) in [6.45, 7) is 4.81. The molecule has 236 valence electrons. The van der Waals surface area contributed by atoms with Gasteiger partial charge in [0.2, 0.25) is 17.8 Å². The molecule has 1 fully saturated rings. The van der Waals surface area contributed by atoms with Gasteiger partial charge in [0.25, 0.3) is 5.56 Å². The van der Waals surface area contributed by atoms with Gasteiger partial charge in [-0.2, -0.15) is 17.7 Å². The molecule has 5 atom stereocenters. The first kappa shape index (κ1) is 33.9. The number of aliphatic hydroxyl groups is 1. The number of hydrogen-bond donors (Lipinski definition) is 7. The second-order valence-electron chi connectivity index (χ2n) is 9.41. The molecule has 0 bridgehead atoms. The van der Waals surface area contributed by atoms with Gasteiger partial charge in [-0.25, -0.2) is 23.0 Å². The van der Waals surface area contributed by atoms with Gasteiger partial charge in [-0.1, -0.05) is 27.7 Å². The van der Waals surface area contributed by atoms with Gasteiger partial charge in [0.05, 0.1) is 12.9 Å². The van der Waals surface area contributed by atoms with Crippen molar-refractivity contribution in [3.63, 3.8) is 0 Å². The minimum atomic E-state index is -5.50. The van der Waals surface area contributed by atoms with Gasteiger partial charge in [-0.05, 0) is 0 Å². The maximum Gasteiger partial charge on any atom is 0.481 e. The van der Waals surface area contributed by atoms with Crippen molar-refractivity contribution >= 4 is 54.9 Å². The lowest BCUT2D eigenvalue weighted by Crippen LogP contribution is -2.42. The number of H-pyrrole nitrogens is 1. The number of fused-ring (bicyclic) bond motifs is 1. The number of nitrogens with zero attached hydrogens (tertiary/aromatic N) is 3. The average molecular weight is 662 g/mol. The van der Waals surface area contributed by atoms with E-state index in [1.165, 1.54) is 13.8 Å². The number of nitrogens with one attached hydrogen (secondary N) is 3. The summed E-state index contributed by atoms with van der Waals surface area (Å²) < 4.78 is 69.4. The summed E-state index contributed by atoms with van der Waals surface area (Å²) in [4.78, 5) is 74.1. The number of phosphoric ester groups is 1. The number of aromatic amines is 1. The molecule has 2 amide bonds. The molecule has 2 aromatic heterocycles. The zero-order valence-corrected chi connectivity index (χ0v) is 24.8. The third-order valence-corrected chi connectivity index (χ3v) is 8.46. The average Bonchev–Trinajstić information content (AvgIpc) is 3.37. The topological polar surface area (TPSA) is 308 Å². The largest absolute Gasteiger partial charge is 0.481 e. The fraction of sp³-hybridized carbons (Fsp3) is 0.611. The first-order chi connectivity index (χ1) is 19.2. The monoisotopic (exact) mass is 662 g/mol. The summed E-state index contributed by atoms with van der Waals surface area (Å²) in [6, 6.07) is 0. The summed E-state index contributed by atoms with van der Waals surface area (Å²) in [5.41, 5.74) is -1.45. The van der Waals surface area contributed by atoms with Crippen molar-refractivity contribution in [2.75, 3.05) is 11.9 Å². The van der Waals surface area contributed by atoms with Crippen LogP contribution in [0.3, 0.4) is 0 Å². The summed E-state index contributed by atoms with van der Waals surface area (Å²) in [5.74, 6) is -3.12. The predicted molar refractivity (Wildman–Crippen MR) is 137 cm³/mol. The van der Waals surface area contributed by atoms with Crippen molar-refractivity contribution in [2.45, 2.75) is 52.2 Å². The van der Waals surface area contributed by atoms with Crippen LogP contribution in [0.2, 0.25) is 0 Å². The number of rotatable bonds is 12. The van der Waals surface area contributed by atoms with Crippen LogP contribution in [0.25, 0.3) is 11.2 Å². The Hall–Kier alpha value is -2.62. The minimum Gasteiger partial charge on any atom is -0.387 e. The van der Waals surface area contributed by atoms with E-state index in [-0.39, 0.29) is 17.1 Å². The second kappa shape index (κ2) is 12.5. The Morgan fingerprint density at radius 1 is 1.17 bits per heavy atom. The molecule has 5 unspecified atom stereocenters. The lowest BCUT2D eigenvalue weighted by molar-refractivity contribution is -0.122. The molecule has 7 N–H and O–H groups in total. The van der Waals surface area contributed by atoms with E-state index in [1.54, 1.807) is 18.6 Å². The Morgan fingerprint density at radius 3 is 2.36 bits per heavy atom. The highest BCUT2D eigenvalue weighted by Gasteiger charge is 2.50. The van der Waals surface area contributed by atoms with E-state index in [9.17, 15) is 41.9 Å². The standard InChI is InChI=1S/C18H28N6O15P2S/c1-7(2)14(26)21-18-20-13-10(16(28)22-18)19-6-24(13)17-12(38-42(34,35)23-15(27)8(3)4)11(25)9(37-17)5-36-41(32,33)39-40(29,30)31/h6-9,11-12,17,25H,5H2,1-4H3,(H,23,27)(H,32,33)(H2,29,30,31)(H2,20,21,22,26,28). The highest BCUT2D eigenvalue weighted by Crippen LogP contribution is 2.57. The van der Waals surface area contributed by atoms with E-state index in [2.05, 4.69) is 29.1 Å². The molecule has 0 saturated carbocycles. The van der Waals surface area contributed by atoms with Gasteiger partial charge in [0.1, 0.15) is 12.2 Å². The highest BCUT2D eigenvalue weighted by atomic mass is 32.2. The van der Waals surface area contributed by atoms with Crippen LogP contribution in [-0.4, -0.2) is 84.5 Å². The summed E-state index contributed by atoms with van der Waals surface area (Å²) in [5, 5.41) is 13.2. The number of ether oxygens (including phenoxy) is 1. The number of phosphoric acid groups is 2. The van der Waals surface area contributed by atoms with Gasteiger partial charge in [0, 0.05) is 11.8 Å². The van der Waals surface area contributed by atoms with Crippen molar-refractivity contribution in [1.82, 2.24) is 24.2 Å². The van der Waals surface area contributed by atoms with E-state index in [1.807, 2.05) is 0 Å². The molecule has 0 radical (unpaired) electrons. The van der Waals surface area contributed by atoms with Crippen molar-refractivity contribution in [2.24, 2.45) is 11.8 Å². The van der Waals surface area contributed by atoms with Crippen LogP contribution in [0, 0.1) is 11.8 Å². The third-order valence-electron chi connectivity index (χ3n) is 5.38. The molecule has 1 aliphatic heterocycles. The van der Waals surface area contributed by atoms with Gasteiger partial charge in [-0.3, -0.25) is 33.8 Å². The highest BCUT2D eigenvalue weighted by molar-refractivity contribution is 7.85. The Labute approximate surface area is 236 Å². The third kappa shape index (κ3) is 8.48. The van der Waals surface area contributed by atoms with Gasteiger partial charge < -0.3 is 24.5 Å². The molecule has 24 heteroatoms. The fourth-order valence-electron chi connectivity index (χ4n) is 3.35. The van der Waals surface area contributed by atoms with Crippen molar-refractivity contribution in [1.29, 1.82) is 0 Å². The van der Waals surface area contributed by atoms with Crippen LogP contribution >= 0.6 is 15.6 Å². The Kier molecular flexibility index (Phi) is 10.1. The molecule has 0 spiro atoms. The predicted octanol–water partition coefficient (Wildman–Crippen LogP) is -1.40. The molecule has 2 aromatic rings. The summed E-state index contributed by atoms with van der Waals surface area (Å²) in [7, 11) is -15.9. The Bertz CT molecular complexity index is 1600. The number of anilines is 1. The van der Waals surface area contributed by atoms with E-state index < -0.39 is 86.3 Å². The number of aromatic nitrogens is 4. The maximum absolute atomic E-state index is 12.6. The van der Waals surface area contributed by atoms with Crippen LogP contribution in [-0.2, 0) is 46.8 Å². The number of hydrogen-bond acceptors (Lipinski definition) is 14. The van der Waals surface area contributed by atoms with Crippen molar-refractivity contribution in [3.05, 3.63) is 16.7 Å². The molecule has 21 nitrogen and oxygen atoms in total. The van der Waals surface area contributed by atoms with Crippen LogP contribution in [0.4, 0.5) is 5.95 Å². The first-order valence-electron chi connectivity index (χ1n) is 11.8. The van der Waals surface area contributed by atoms with E-state index >= 15 is 0 Å². The number of carbonyl (C=O) groups is 2. The molecule has 1 aliphatic rings. The number of amides is 2. The summed E-state index contributed by atoms with van der Waals surface area (Å²) in [6.07, 6.45) is -6.53. The number of imidazole rings is 1. The molecular weight excluding hydrogens is 634 g/mol. The zero-order valence-electron chi connectivity index (χ0n) is 22.2. The molecule has 3 rings (SSSR count). The van der Waals surface area contributed by atoms with Crippen LogP contribution in [0.5, 0.6) is 0 Å². The zero-order chi connectivity index (χ0) is 31.8. The molecule has 0 aliphatic carbocycles. The first-order valence-corrected chi connectivity index (χ1v) is 16.2. The normalized spacial score (nSPS) is 22.9. The van der Waals surface area contributed by atoms with Gasteiger partial charge >= 0.3 is 25.9 Å². The minimum absolute atomic E-state index is 0.300. The second-order valence-corrected chi connectivity index (χ2v) is 13.5. The molecule has 3 heterocycles. The van der Waals surface area contributed by atoms with Crippen molar-refractivity contribution < 1.29 is 64.7 Å². The molecule has 42 heavy (non-hydrogen) atoms. The maximum atomic E-state index is 12.6. The van der Waals surface area contributed by atoms with E-state index in [4.69, 9.17) is 18.7 Å². The fourth-order valence-corrected chi connectivity index (χ4v) is 5.98. The lowest BCUT2D eigenvalue weighted by atomic mass is 10.1. The molecule has 1 saturated heterocycles. The number of aliphatic hydroxyl groups excluding tert-OH is 1. The number of carbonyl (C=O) groups excluding carboxylic acids is 2. The Morgan fingerprint density at radius 2 is 1.79 bits per heavy atom. The molecular formula is C18H28N6O15P2S. The smallest absolute Gasteiger partial charge is 0.387 e. The van der Waals surface area contributed by atoms with Gasteiger partial charge in [0.15, 0.2) is 23.5 Å². The lowest BCUT2D eigenvalue weighted by Gasteiger charge is -2.22. The van der Waals surface area contributed by atoms with Crippen LogP contribution < -0.4 is 15.6 Å². The van der Waals surface area contributed by atoms with E-state index in [0.29, 0.717) is 0 Å². The van der Waals surface area contributed by atoms with Gasteiger partial charge in [-0.15, -0.1) is 0 Å². The van der Waals surface area contributed by atoms with Crippen molar-refractivity contribution in [3.8, 4) is 0 Å². The Balaban J connectivity index is 2.01. The molecule has 0 aromatic carbocycles. The quantitative estimate of drug-likeness (QED) is 0.129. The SMILES string of the molecule is CC(C)C(=O)Nc1nc2c(ncn2C2OC(COP(=O)(O)OP(=O)(O)O)C(O)C2OS(=O)(=O)NC(=O)C(C)C)c(=O)[nH]1. The van der Waals surface area contributed by atoms with Crippen LogP contribution in [0.1, 0.15) is 33.9 Å². The summed E-state index contributed by atoms with van der Waals surface area (Å²) >= 11 is 0.